The van der Waals surface area contributed by atoms with Crippen molar-refractivity contribution in [2.45, 2.75) is 19.3 Å². The molecule has 160 valence electrons. The van der Waals surface area contributed by atoms with Crippen LogP contribution >= 0.6 is 0 Å². The first-order valence-electron chi connectivity index (χ1n) is 10.5. The Morgan fingerprint density at radius 3 is 1.84 bits per heavy atom. The number of carbonyl (C=O) groups excluding carboxylic acids is 4. The fraction of sp³-hybridized carbons (Fsp3) is 0.304. The van der Waals surface area contributed by atoms with Gasteiger partial charge in [-0.3, -0.25) is 34.2 Å². The van der Waals surface area contributed by atoms with Crippen LogP contribution in [0.15, 0.2) is 42.5 Å². The average Bonchev–Trinajstić information content (AvgIpc) is 3.52. The molecule has 0 unspecified atom stereocenters. The maximum Gasteiger partial charge on any atom is 0.270 e. The van der Waals surface area contributed by atoms with Gasteiger partial charge in [-0.25, -0.2) is 4.90 Å². The van der Waals surface area contributed by atoms with Crippen LogP contribution in [0.4, 0.5) is 17.1 Å². The fourth-order valence-electron chi connectivity index (χ4n) is 5.99. The minimum atomic E-state index is -0.652. The van der Waals surface area contributed by atoms with Gasteiger partial charge in [0, 0.05) is 12.1 Å². The average molecular weight is 431 g/mol. The smallest absolute Gasteiger partial charge is 0.270 e. The number of fused-ring (bicyclic) bond motifs is 6. The van der Waals surface area contributed by atoms with Crippen LogP contribution in [-0.4, -0.2) is 28.6 Å². The second-order valence-corrected chi connectivity index (χ2v) is 8.85. The van der Waals surface area contributed by atoms with Gasteiger partial charge in [-0.15, -0.1) is 0 Å². The molecule has 4 amide bonds. The standard InChI is InChI=1S/C23H17N3O6/c27-20-16-8-7-15(26(31)32)10-17(16)21(28)24(20)13-3-5-14(6-4-13)25-22(29)18-11-1-2-12(9-11)19(18)23(25)30/h3-8,10-12,18-19H,1-2,9H2/t11-,12-,18-,19-/m0/s1. The number of nitrogens with zero attached hydrogens (tertiary/aromatic N) is 3. The Balaban J connectivity index is 1.29. The number of non-ortho nitro benzene ring substituents is 1. The third-order valence-corrected chi connectivity index (χ3v) is 7.37. The molecule has 2 heterocycles. The molecule has 2 aliphatic carbocycles. The summed E-state index contributed by atoms with van der Waals surface area (Å²) in [6.45, 7) is 0. The van der Waals surface area contributed by atoms with Crippen molar-refractivity contribution >= 4 is 40.7 Å². The van der Waals surface area contributed by atoms with E-state index in [1.165, 1.54) is 29.2 Å². The van der Waals surface area contributed by atoms with Gasteiger partial charge >= 0.3 is 0 Å². The summed E-state index contributed by atoms with van der Waals surface area (Å²) in [5, 5.41) is 11.0. The summed E-state index contributed by atoms with van der Waals surface area (Å²) in [5.41, 5.74) is 0.485. The number of rotatable bonds is 3. The van der Waals surface area contributed by atoms with Crippen molar-refractivity contribution in [1.82, 2.24) is 0 Å². The summed E-state index contributed by atoms with van der Waals surface area (Å²) in [7, 11) is 0. The van der Waals surface area contributed by atoms with Gasteiger partial charge in [0.25, 0.3) is 17.5 Å². The number of nitro benzene ring substituents is 1. The van der Waals surface area contributed by atoms with E-state index >= 15 is 0 Å². The molecule has 2 bridgehead atoms. The van der Waals surface area contributed by atoms with E-state index in [1.807, 2.05) is 0 Å². The Morgan fingerprint density at radius 1 is 0.750 bits per heavy atom. The molecular formula is C23H17N3O6. The fourth-order valence-corrected chi connectivity index (χ4v) is 5.99. The van der Waals surface area contributed by atoms with Crippen LogP contribution in [0.1, 0.15) is 40.0 Å². The predicted octanol–water partition coefficient (Wildman–Crippen LogP) is 2.93. The van der Waals surface area contributed by atoms with Crippen molar-refractivity contribution in [2.75, 3.05) is 9.80 Å². The molecule has 2 aliphatic heterocycles. The minimum absolute atomic E-state index is 0.0264. The number of hydrogen-bond acceptors (Lipinski definition) is 6. The van der Waals surface area contributed by atoms with Gasteiger partial charge in [0.2, 0.25) is 11.8 Å². The molecule has 2 saturated carbocycles. The van der Waals surface area contributed by atoms with E-state index in [4.69, 9.17) is 0 Å². The summed E-state index contributed by atoms with van der Waals surface area (Å²) >= 11 is 0. The van der Waals surface area contributed by atoms with Crippen molar-refractivity contribution in [1.29, 1.82) is 0 Å². The topological polar surface area (TPSA) is 118 Å². The molecule has 32 heavy (non-hydrogen) atoms. The Hall–Kier alpha value is -3.88. The molecule has 6 rings (SSSR count). The maximum absolute atomic E-state index is 13.0. The number of nitro groups is 1. The van der Waals surface area contributed by atoms with E-state index in [2.05, 4.69) is 0 Å². The van der Waals surface area contributed by atoms with Crippen molar-refractivity contribution in [3.63, 3.8) is 0 Å². The highest BCUT2D eigenvalue weighted by molar-refractivity contribution is 6.34. The first kappa shape index (κ1) is 18.9. The second kappa shape index (κ2) is 6.32. The molecule has 0 radical (unpaired) electrons. The van der Waals surface area contributed by atoms with Crippen molar-refractivity contribution in [2.24, 2.45) is 23.7 Å². The van der Waals surface area contributed by atoms with E-state index in [0.717, 1.165) is 30.2 Å². The molecule has 2 aromatic carbocycles. The molecule has 1 saturated heterocycles. The molecule has 0 aromatic heterocycles. The summed E-state index contributed by atoms with van der Waals surface area (Å²) in [6.07, 6.45) is 2.95. The maximum atomic E-state index is 13.0. The van der Waals surface area contributed by atoms with Gasteiger partial charge in [0.15, 0.2) is 0 Å². The molecule has 9 nitrogen and oxygen atoms in total. The van der Waals surface area contributed by atoms with Crippen molar-refractivity contribution in [3.05, 3.63) is 63.7 Å². The van der Waals surface area contributed by atoms with Crippen LogP contribution in [0.5, 0.6) is 0 Å². The second-order valence-electron chi connectivity index (χ2n) is 8.85. The third-order valence-electron chi connectivity index (χ3n) is 7.37. The summed E-state index contributed by atoms with van der Waals surface area (Å²) in [6, 6.07) is 9.68. The van der Waals surface area contributed by atoms with Gasteiger partial charge in [0.1, 0.15) is 0 Å². The first-order chi connectivity index (χ1) is 15.4. The Kier molecular flexibility index (Phi) is 3.72. The summed E-state index contributed by atoms with van der Waals surface area (Å²) < 4.78 is 0. The molecule has 2 aromatic rings. The van der Waals surface area contributed by atoms with E-state index in [1.54, 1.807) is 12.1 Å². The molecular weight excluding hydrogens is 414 g/mol. The van der Waals surface area contributed by atoms with Gasteiger partial charge in [-0.2, -0.15) is 0 Å². The van der Waals surface area contributed by atoms with Crippen LogP contribution in [-0.2, 0) is 9.59 Å². The van der Waals surface area contributed by atoms with E-state index in [0.29, 0.717) is 5.69 Å². The molecule has 9 heteroatoms. The van der Waals surface area contributed by atoms with Crippen molar-refractivity contribution < 1.29 is 24.1 Å². The number of imide groups is 2. The Bertz CT molecular complexity index is 1220. The monoisotopic (exact) mass is 431 g/mol. The van der Waals surface area contributed by atoms with Crippen LogP contribution in [0, 0.1) is 33.8 Å². The van der Waals surface area contributed by atoms with E-state index in [9.17, 15) is 29.3 Å². The number of benzene rings is 2. The number of amides is 4. The molecule has 0 N–H and O–H groups in total. The van der Waals surface area contributed by atoms with Crippen LogP contribution in [0.3, 0.4) is 0 Å². The van der Waals surface area contributed by atoms with Gasteiger partial charge < -0.3 is 0 Å². The third kappa shape index (κ3) is 2.33. The molecule has 3 fully saturated rings. The predicted molar refractivity (Wildman–Crippen MR) is 111 cm³/mol. The summed E-state index contributed by atoms with van der Waals surface area (Å²) in [4.78, 5) is 64.1. The van der Waals surface area contributed by atoms with E-state index in [-0.39, 0.29) is 58.0 Å². The SMILES string of the molecule is O=C1c2ccc([N+](=O)[O-])cc2C(=O)N1c1ccc(N2C(=O)[C@H]3[C@H]4CC[C@@H](C4)[C@@H]3C2=O)cc1. The lowest BCUT2D eigenvalue weighted by Crippen LogP contribution is -2.33. The lowest BCUT2D eigenvalue weighted by Gasteiger charge is -2.19. The molecule has 4 atom stereocenters. The number of carbonyl (C=O) groups is 4. The summed E-state index contributed by atoms with van der Waals surface area (Å²) in [5.74, 6) is -1.43. The van der Waals surface area contributed by atoms with Gasteiger partial charge in [0.05, 0.1) is 39.3 Å². The molecule has 4 aliphatic rings. The minimum Gasteiger partial charge on any atom is -0.274 e. The van der Waals surface area contributed by atoms with E-state index < -0.39 is 16.7 Å². The quantitative estimate of drug-likeness (QED) is 0.419. The lowest BCUT2D eigenvalue weighted by atomic mass is 9.81. The lowest BCUT2D eigenvalue weighted by molar-refractivity contribution is -0.384. The van der Waals surface area contributed by atoms with Crippen LogP contribution in [0.2, 0.25) is 0 Å². The van der Waals surface area contributed by atoms with Gasteiger partial charge in [-0.1, -0.05) is 0 Å². The zero-order valence-electron chi connectivity index (χ0n) is 16.8. The first-order valence-corrected chi connectivity index (χ1v) is 10.5. The molecule has 0 spiro atoms. The largest absolute Gasteiger partial charge is 0.274 e. The van der Waals surface area contributed by atoms with Crippen LogP contribution in [0.25, 0.3) is 0 Å². The number of hydrogen-bond donors (Lipinski definition) is 0. The Morgan fingerprint density at radius 2 is 1.28 bits per heavy atom. The van der Waals surface area contributed by atoms with Gasteiger partial charge in [-0.05, 0) is 61.4 Å². The van der Waals surface area contributed by atoms with Crippen molar-refractivity contribution in [3.8, 4) is 0 Å². The zero-order valence-corrected chi connectivity index (χ0v) is 16.8. The highest BCUT2D eigenvalue weighted by Gasteiger charge is 2.61. The number of anilines is 2. The zero-order chi connectivity index (χ0) is 22.3. The normalized spacial score (nSPS) is 28.0. The van der Waals surface area contributed by atoms with Crippen LogP contribution < -0.4 is 9.80 Å². The highest BCUT2D eigenvalue weighted by atomic mass is 16.6. The highest BCUT2D eigenvalue weighted by Crippen LogP contribution is 2.56. The Labute approximate surface area is 181 Å².